The van der Waals surface area contributed by atoms with Gasteiger partial charge >= 0.3 is 0 Å². The van der Waals surface area contributed by atoms with Crippen LogP contribution in [0.15, 0.2) is 65.1 Å². The van der Waals surface area contributed by atoms with Gasteiger partial charge in [0.25, 0.3) is 5.91 Å². The van der Waals surface area contributed by atoms with Gasteiger partial charge in [-0.05, 0) is 53.4 Å². The molecule has 1 heterocycles. The zero-order valence-electron chi connectivity index (χ0n) is 19.1. The molecule has 1 aromatic heterocycles. The van der Waals surface area contributed by atoms with Crippen LogP contribution in [0.5, 0.6) is 11.5 Å². The van der Waals surface area contributed by atoms with E-state index in [0.717, 1.165) is 5.52 Å². The molecule has 0 aliphatic heterocycles. The molecule has 2 N–H and O–H groups in total. The number of carbonyl (C=O) groups is 1. The van der Waals surface area contributed by atoms with E-state index in [1.165, 1.54) is 11.6 Å². The zero-order valence-corrected chi connectivity index (χ0v) is 20.7. The van der Waals surface area contributed by atoms with Crippen molar-refractivity contribution in [3.63, 3.8) is 0 Å². The van der Waals surface area contributed by atoms with Crippen LogP contribution < -0.4 is 14.8 Å². The first-order valence-electron chi connectivity index (χ1n) is 10.8. The predicted molar refractivity (Wildman–Crippen MR) is 134 cm³/mol. The van der Waals surface area contributed by atoms with Gasteiger partial charge in [0.15, 0.2) is 12.4 Å². The van der Waals surface area contributed by atoms with Crippen LogP contribution in [0.3, 0.4) is 0 Å². The van der Waals surface area contributed by atoms with E-state index < -0.39 is 0 Å². The maximum absolute atomic E-state index is 14.0. The fourth-order valence-electron chi connectivity index (χ4n) is 3.35. The van der Waals surface area contributed by atoms with Crippen molar-refractivity contribution >= 4 is 38.6 Å². The Balaban J connectivity index is 1.38. The number of fused-ring (bicyclic) bond motifs is 1. The average Bonchev–Trinajstić information content (AvgIpc) is 3.18. The number of aromatic nitrogens is 2. The van der Waals surface area contributed by atoms with Gasteiger partial charge in [-0.1, -0.05) is 54.9 Å². The maximum Gasteiger partial charge on any atom is 0.263 e. The van der Waals surface area contributed by atoms with Crippen molar-refractivity contribution in [3.05, 3.63) is 82.1 Å². The van der Waals surface area contributed by atoms with Crippen molar-refractivity contribution in [2.75, 3.05) is 11.9 Å². The second-order valence-corrected chi connectivity index (χ2v) is 9.83. The van der Waals surface area contributed by atoms with Crippen molar-refractivity contribution in [2.45, 2.75) is 32.8 Å². The summed E-state index contributed by atoms with van der Waals surface area (Å²) in [6.07, 6.45) is 0. The molecule has 4 rings (SSSR count). The van der Waals surface area contributed by atoms with Crippen LogP contribution in [0.2, 0.25) is 0 Å². The number of nitrogens with zero attached hydrogens (tertiary/aromatic N) is 1. The van der Waals surface area contributed by atoms with Gasteiger partial charge in [-0.2, -0.15) is 5.10 Å². The number of hydrogen-bond donors (Lipinski definition) is 2. The Labute approximate surface area is 205 Å². The van der Waals surface area contributed by atoms with Gasteiger partial charge in [0.1, 0.15) is 23.9 Å². The van der Waals surface area contributed by atoms with Crippen LogP contribution >= 0.6 is 15.9 Å². The lowest BCUT2D eigenvalue weighted by molar-refractivity contribution is -0.118. The van der Waals surface area contributed by atoms with Gasteiger partial charge in [0, 0.05) is 15.4 Å². The summed E-state index contributed by atoms with van der Waals surface area (Å²) in [5.41, 5.74) is 2.41. The number of carbonyl (C=O) groups excluding carboxylic acids is 1. The number of H-pyrrole nitrogens is 1. The molecule has 4 aromatic rings. The Morgan fingerprint density at radius 2 is 1.76 bits per heavy atom. The minimum absolute atomic E-state index is 0.0475. The van der Waals surface area contributed by atoms with Crippen molar-refractivity contribution in [2.24, 2.45) is 0 Å². The number of nitrogens with one attached hydrogen (secondary N) is 2. The van der Waals surface area contributed by atoms with E-state index in [-0.39, 0.29) is 30.4 Å². The fourth-order valence-corrected chi connectivity index (χ4v) is 3.68. The number of anilines is 1. The topological polar surface area (TPSA) is 76.2 Å². The molecule has 0 saturated carbocycles. The monoisotopic (exact) mass is 525 g/mol. The number of rotatable bonds is 7. The molecular formula is C26H25BrFN3O3. The smallest absolute Gasteiger partial charge is 0.263 e. The third-order valence-electron chi connectivity index (χ3n) is 5.29. The molecule has 8 heteroatoms. The minimum atomic E-state index is -0.347. The fraction of sp³-hybridized carbons (Fsp3) is 0.231. The summed E-state index contributed by atoms with van der Waals surface area (Å²) in [5.74, 6) is 0.830. The first-order valence-corrected chi connectivity index (χ1v) is 11.6. The number of amides is 1. The van der Waals surface area contributed by atoms with Gasteiger partial charge in [0.05, 0.1) is 5.52 Å². The van der Waals surface area contributed by atoms with Crippen molar-refractivity contribution in [3.8, 4) is 11.5 Å². The molecule has 0 unspecified atom stereocenters. The molecule has 0 spiro atoms. The molecule has 0 atom stereocenters. The van der Waals surface area contributed by atoms with E-state index in [2.05, 4.69) is 52.2 Å². The Morgan fingerprint density at radius 1 is 1.03 bits per heavy atom. The molecule has 0 radical (unpaired) electrons. The first kappa shape index (κ1) is 23.8. The first-order chi connectivity index (χ1) is 16.2. The lowest BCUT2D eigenvalue weighted by Crippen LogP contribution is -2.20. The van der Waals surface area contributed by atoms with Crippen LogP contribution in [-0.2, 0) is 16.8 Å². The van der Waals surface area contributed by atoms with Crippen LogP contribution in [0, 0.1) is 5.82 Å². The highest BCUT2D eigenvalue weighted by Crippen LogP contribution is 2.27. The number of halogens is 2. The molecular weight excluding hydrogens is 501 g/mol. The van der Waals surface area contributed by atoms with Gasteiger partial charge in [-0.3, -0.25) is 9.89 Å². The Hall–Kier alpha value is -3.39. The molecule has 176 valence electrons. The quantitative estimate of drug-likeness (QED) is 0.294. The number of benzene rings is 3. The van der Waals surface area contributed by atoms with Crippen LogP contribution in [-0.4, -0.2) is 22.7 Å². The van der Waals surface area contributed by atoms with Crippen molar-refractivity contribution < 1.29 is 18.7 Å². The summed E-state index contributed by atoms with van der Waals surface area (Å²) in [5, 5.41) is 10.5. The highest BCUT2D eigenvalue weighted by molar-refractivity contribution is 9.10. The zero-order chi connectivity index (χ0) is 24.3. The molecule has 34 heavy (non-hydrogen) atoms. The predicted octanol–water partition coefficient (Wildman–Crippen LogP) is 6.36. The van der Waals surface area contributed by atoms with E-state index >= 15 is 0 Å². The third-order valence-corrected chi connectivity index (χ3v) is 5.79. The maximum atomic E-state index is 14.0. The third kappa shape index (κ3) is 5.75. The van der Waals surface area contributed by atoms with E-state index in [9.17, 15) is 9.18 Å². The second kappa shape index (κ2) is 9.85. The highest BCUT2D eigenvalue weighted by atomic mass is 79.9. The Bertz CT molecular complexity index is 1310. The van der Waals surface area contributed by atoms with Crippen LogP contribution in [0.1, 0.15) is 31.9 Å². The lowest BCUT2D eigenvalue weighted by atomic mass is 9.87. The molecule has 0 bridgehead atoms. The summed E-state index contributed by atoms with van der Waals surface area (Å²) in [7, 11) is 0. The molecule has 1 amide bonds. The Kier molecular flexibility index (Phi) is 6.88. The van der Waals surface area contributed by atoms with Gasteiger partial charge in [-0.25, -0.2) is 4.39 Å². The largest absolute Gasteiger partial charge is 0.489 e. The normalized spacial score (nSPS) is 11.4. The Morgan fingerprint density at radius 3 is 2.47 bits per heavy atom. The van der Waals surface area contributed by atoms with E-state index in [1.807, 2.05) is 24.3 Å². The number of hydrogen-bond acceptors (Lipinski definition) is 4. The molecule has 0 aliphatic rings. The molecule has 0 aliphatic carbocycles. The van der Waals surface area contributed by atoms with Gasteiger partial charge in [-0.15, -0.1) is 0 Å². The standard InChI is InChI=1S/C26H25BrFN3O3/c1-26(2,3)17-5-8-19(9-6-17)34-15-24(32)29-25-21-13-20(10-11-23(21)30-31-25)33-14-16-4-7-18(27)12-22(16)28/h4-13H,14-15H2,1-3H3,(H2,29,30,31,32). The molecule has 0 fully saturated rings. The SMILES string of the molecule is CC(C)(C)c1ccc(OCC(=O)Nc2n[nH]c3ccc(OCc4ccc(Br)cc4F)cc23)cc1. The molecule has 3 aromatic carbocycles. The minimum Gasteiger partial charge on any atom is -0.489 e. The van der Waals surface area contributed by atoms with Crippen molar-refractivity contribution in [1.82, 2.24) is 10.2 Å². The molecule has 6 nitrogen and oxygen atoms in total. The number of aromatic amines is 1. The summed E-state index contributed by atoms with van der Waals surface area (Å²) < 4.78 is 26.1. The summed E-state index contributed by atoms with van der Waals surface area (Å²) in [6, 6.07) is 17.8. The summed E-state index contributed by atoms with van der Waals surface area (Å²) in [4.78, 5) is 12.4. The average molecular weight is 526 g/mol. The van der Waals surface area contributed by atoms with Crippen LogP contribution in [0.25, 0.3) is 10.9 Å². The second-order valence-electron chi connectivity index (χ2n) is 8.92. The van der Waals surface area contributed by atoms with Crippen molar-refractivity contribution in [1.29, 1.82) is 0 Å². The number of ether oxygens (including phenoxy) is 2. The highest BCUT2D eigenvalue weighted by Gasteiger charge is 2.14. The van der Waals surface area contributed by atoms with Gasteiger partial charge in [0.2, 0.25) is 0 Å². The van der Waals surface area contributed by atoms with Gasteiger partial charge < -0.3 is 14.8 Å². The van der Waals surface area contributed by atoms with Crippen LogP contribution in [0.4, 0.5) is 10.2 Å². The summed E-state index contributed by atoms with van der Waals surface area (Å²) >= 11 is 3.24. The van der Waals surface area contributed by atoms with E-state index in [0.29, 0.717) is 32.7 Å². The van der Waals surface area contributed by atoms with E-state index in [1.54, 1.807) is 30.3 Å². The van der Waals surface area contributed by atoms with E-state index in [4.69, 9.17) is 9.47 Å². The molecule has 0 saturated heterocycles. The summed E-state index contributed by atoms with van der Waals surface area (Å²) in [6.45, 7) is 6.34. The lowest BCUT2D eigenvalue weighted by Gasteiger charge is -2.19.